The predicted molar refractivity (Wildman–Crippen MR) is 190 cm³/mol. The van der Waals surface area contributed by atoms with Gasteiger partial charge in [0.2, 0.25) is 6.41 Å². The summed E-state index contributed by atoms with van der Waals surface area (Å²) in [5.41, 5.74) is 4.41. The van der Waals surface area contributed by atoms with Crippen molar-refractivity contribution in [3.8, 4) is 0 Å². The molecule has 48 heavy (non-hydrogen) atoms. The maximum atomic E-state index is 14.9. The Morgan fingerprint density at radius 1 is 1.10 bits per heavy atom. The van der Waals surface area contributed by atoms with Crippen molar-refractivity contribution >= 4 is 37.7 Å². The third kappa shape index (κ3) is 7.10. The van der Waals surface area contributed by atoms with E-state index in [-0.39, 0.29) is 24.0 Å². The number of carbonyl (C=O) groups excluding carboxylic acids is 2. The molecule has 2 aliphatic rings. The molecule has 1 spiro atoms. The van der Waals surface area contributed by atoms with Crippen LogP contribution in [0.4, 0.5) is 17.1 Å². The molecular weight excluding hydrogens is 623 g/mol. The lowest BCUT2D eigenvalue weighted by Gasteiger charge is -2.32. The lowest BCUT2D eigenvalue weighted by atomic mass is 9.82. The number of para-hydroxylation sites is 1. The van der Waals surface area contributed by atoms with Crippen LogP contribution in [0.25, 0.3) is 0 Å². The van der Waals surface area contributed by atoms with Crippen LogP contribution in [-0.2, 0) is 32.9 Å². The van der Waals surface area contributed by atoms with Crippen LogP contribution in [0, 0.1) is 5.92 Å². The first-order valence-corrected chi connectivity index (χ1v) is 19.9. The molecule has 1 aromatic heterocycles. The summed E-state index contributed by atoms with van der Waals surface area (Å²) >= 11 is 0. The minimum atomic E-state index is -2.88. The van der Waals surface area contributed by atoms with Crippen molar-refractivity contribution in [1.82, 2.24) is 15.0 Å². The highest BCUT2D eigenvalue weighted by atomic mass is 28.4. The molecular formula is C37H49N5O5Si. The highest BCUT2D eigenvalue weighted by Crippen LogP contribution is 2.60. The first-order valence-electron chi connectivity index (χ1n) is 16.9. The topological polar surface area (TPSA) is 121 Å². The molecule has 0 saturated carbocycles. The number of benzene rings is 2. The first-order chi connectivity index (χ1) is 22.9. The highest BCUT2D eigenvalue weighted by Gasteiger charge is 2.66. The van der Waals surface area contributed by atoms with Crippen molar-refractivity contribution in [3.63, 3.8) is 0 Å². The van der Waals surface area contributed by atoms with Gasteiger partial charge < -0.3 is 19.5 Å². The number of aromatic nitrogens is 3. The fourth-order valence-corrected chi connectivity index (χ4v) is 10.0. The monoisotopic (exact) mass is 671 g/mol. The van der Waals surface area contributed by atoms with Crippen LogP contribution in [0.2, 0.25) is 18.6 Å². The van der Waals surface area contributed by atoms with Gasteiger partial charge >= 0.3 is 0 Å². The van der Waals surface area contributed by atoms with E-state index in [1.54, 1.807) is 14.5 Å². The fraction of sp³-hybridized carbons (Fsp3) is 0.459. The number of ether oxygens (including phenoxy) is 1. The molecule has 10 nitrogen and oxygen atoms in total. The van der Waals surface area contributed by atoms with E-state index in [1.807, 2.05) is 74.7 Å². The van der Waals surface area contributed by atoms with Gasteiger partial charge in [-0.15, -0.1) is 5.10 Å². The number of hydrogen-bond acceptors (Lipinski definition) is 7. The van der Waals surface area contributed by atoms with E-state index in [1.165, 1.54) is 11.1 Å². The van der Waals surface area contributed by atoms with Crippen LogP contribution in [-0.4, -0.2) is 64.8 Å². The number of amides is 2. The van der Waals surface area contributed by atoms with Gasteiger partial charge in [0.1, 0.15) is 0 Å². The summed E-state index contributed by atoms with van der Waals surface area (Å²) in [5.74, 6) is -0.491. The Labute approximate surface area is 284 Å². The average molecular weight is 672 g/mol. The van der Waals surface area contributed by atoms with Crippen molar-refractivity contribution < 1.29 is 24.2 Å². The molecule has 3 heterocycles. The average Bonchev–Trinajstić information content (AvgIpc) is 3.69. The predicted octanol–water partition coefficient (Wildman–Crippen LogP) is 6.03. The van der Waals surface area contributed by atoms with Gasteiger partial charge in [0.15, 0.2) is 13.9 Å². The van der Waals surface area contributed by atoms with Gasteiger partial charge in [-0.05, 0) is 83.5 Å². The molecule has 0 bridgehead atoms. The molecule has 0 unspecified atom stereocenters. The van der Waals surface area contributed by atoms with E-state index in [9.17, 15) is 19.5 Å². The largest absolute Gasteiger partial charge is 0.432 e. The summed E-state index contributed by atoms with van der Waals surface area (Å²) in [6, 6.07) is 15.1. The zero-order valence-electron chi connectivity index (χ0n) is 29.0. The van der Waals surface area contributed by atoms with Gasteiger partial charge in [-0.25, -0.2) is 0 Å². The lowest BCUT2D eigenvalue weighted by molar-refractivity contribution is -0.145. The Balaban J connectivity index is 1.55. The molecule has 2 amide bonds. The molecule has 256 valence electrons. The second-order valence-electron chi connectivity index (χ2n) is 13.9. The molecule has 2 aromatic carbocycles. The Hall–Kier alpha value is -3.90. The summed E-state index contributed by atoms with van der Waals surface area (Å²) in [4.78, 5) is 42.4. The zero-order valence-corrected chi connectivity index (χ0v) is 30.0. The summed E-state index contributed by atoms with van der Waals surface area (Å²) in [6.07, 6.45) is 9.30. The van der Waals surface area contributed by atoms with Gasteiger partial charge in [0.25, 0.3) is 5.91 Å². The van der Waals surface area contributed by atoms with Crippen molar-refractivity contribution in [2.75, 3.05) is 23.0 Å². The lowest BCUT2D eigenvalue weighted by Crippen LogP contribution is -2.46. The van der Waals surface area contributed by atoms with Crippen molar-refractivity contribution in [2.45, 2.75) is 90.3 Å². The molecule has 11 heteroatoms. The second kappa shape index (κ2) is 14.7. The molecule has 0 radical (unpaired) electrons. The van der Waals surface area contributed by atoms with E-state index < -0.39 is 20.0 Å². The minimum absolute atomic E-state index is 0.00712. The van der Waals surface area contributed by atoms with Crippen LogP contribution < -0.4 is 9.80 Å². The number of hydrogen-bond donors (Lipinski definition) is 2. The minimum Gasteiger partial charge on any atom is -0.432 e. The third-order valence-corrected chi connectivity index (χ3v) is 12.2. The van der Waals surface area contributed by atoms with Gasteiger partial charge in [0, 0.05) is 60.7 Å². The molecule has 1 saturated heterocycles. The molecule has 0 aliphatic carbocycles. The van der Waals surface area contributed by atoms with Crippen molar-refractivity contribution in [3.05, 3.63) is 89.3 Å². The first kappa shape index (κ1) is 35.4. The molecule has 4 atom stereocenters. The summed E-state index contributed by atoms with van der Waals surface area (Å²) in [5, 5.41) is 17.7. The normalized spacial score (nSPS) is 22.3. The molecule has 2 aliphatic heterocycles. The van der Waals surface area contributed by atoms with Crippen LogP contribution in [0.5, 0.6) is 0 Å². The number of rotatable bonds is 14. The van der Waals surface area contributed by atoms with Crippen molar-refractivity contribution in [2.24, 2.45) is 5.92 Å². The zero-order chi connectivity index (χ0) is 34.6. The Morgan fingerprint density at radius 2 is 1.85 bits per heavy atom. The van der Waals surface area contributed by atoms with Gasteiger partial charge in [-0.1, -0.05) is 53.6 Å². The van der Waals surface area contributed by atoms with E-state index in [0.717, 1.165) is 24.9 Å². The maximum absolute atomic E-state index is 14.9. The van der Waals surface area contributed by atoms with E-state index in [4.69, 9.17) is 4.74 Å². The third-order valence-electron chi connectivity index (χ3n) is 9.70. The quantitative estimate of drug-likeness (QED) is 0.122. The molecule has 5 rings (SSSR count). The smallest absolute Gasteiger partial charge is 0.264 e. The number of fused-ring (bicyclic) bond motifs is 2. The molecule has 1 fully saturated rings. The summed E-state index contributed by atoms with van der Waals surface area (Å²) < 4.78 is 8.75. The van der Waals surface area contributed by atoms with E-state index in [2.05, 4.69) is 43.2 Å². The number of aryl methyl sites for hydroxylation is 1. The van der Waals surface area contributed by atoms with Crippen LogP contribution in [0.1, 0.15) is 58.2 Å². The van der Waals surface area contributed by atoms with E-state index in [0.29, 0.717) is 48.6 Å². The van der Waals surface area contributed by atoms with Crippen molar-refractivity contribution in [1.29, 1.82) is 0 Å². The number of aliphatic hydroxyl groups excluding tert-OH is 1. The Kier molecular flexibility index (Phi) is 10.8. The van der Waals surface area contributed by atoms with Gasteiger partial charge in [0.05, 0.1) is 17.5 Å². The molecule has 3 aromatic rings. The summed E-state index contributed by atoms with van der Waals surface area (Å²) in [6.45, 7) is 13.0. The number of aliphatic hydroxyl groups is 1. The molecule has 2 N–H and O–H groups in total. The SMILES string of the molecule is CC(C)=CCC/C(C)=C/CN1C(=O)[C@]2(O[C@H](CCn3cc(CCO)nn3)[C@@H]([Si](C)(C)O)[C@@H]2C)c2cc(N(C=O)c3ccccc3)ccc21. The van der Waals surface area contributed by atoms with Gasteiger partial charge in [-0.3, -0.25) is 19.2 Å². The number of anilines is 3. The maximum Gasteiger partial charge on any atom is 0.264 e. The number of carbonyl (C=O) groups is 2. The van der Waals surface area contributed by atoms with Gasteiger partial charge in [-0.2, -0.15) is 0 Å². The fourth-order valence-electron chi connectivity index (χ4n) is 7.40. The summed E-state index contributed by atoms with van der Waals surface area (Å²) in [7, 11) is -2.88. The number of nitrogens with zero attached hydrogens (tertiary/aromatic N) is 5. The Bertz CT molecular complexity index is 1660. The highest BCUT2D eigenvalue weighted by molar-refractivity contribution is 6.71. The number of allylic oxidation sites excluding steroid dienone is 3. The Morgan fingerprint density at radius 3 is 2.52 bits per heavy atom. The van der Waals surface area contributed by atoms with E-state index >= 15 is 0 Å². The van der Waals surface area contributed by atoms with Crippen LogP contribution >= 0.6 is 0 Å². The van der Waals surface area contributed by atoms with Crippen LogP contribution in [0.3, 0.4) is 0 Å². The van der Waals surface area contributed by atoms with Crippen LogP contribution in [0.15, 0.2) is 78.0 Å². The second-order valence-corrected chi connectivity index (χ2v) is 17.9. The standard InChI is InChI=1S/C37H49N5O5Si/c1-26(2)11-10-12-27(3)17-21-41-33-16-15-31(42(25-44)30-13-8-7-9-14-30)23-32(33)37(36(41)45)28(4)35(48(5,6)46)34(47-37)18-20-40-24-29(19-22-43)38-39-40/h7-9,11,13-17,23-25,28,34-35,43,46H,10,12,18-22H2,1-6H3/b27-17+/t28-,34+,35-,37+/m0/s1.